The normalized spacial score (nSPS) is 17.0. The number of nitriles is 1. The molecule has 0 saturated heterocycles. The van der Waals surface area contributed by atoms with Gasteiger partial charge in [0.05, 0.1) is 25.2 Å². The number of aromatic hydroxyl groups is 1. The summed E-state index contributed by atoms with van der Waals surface area (Å²) in [4.78, 5) is 12.5. The predicted molar refractivity (Wildman–Crippen MR) is 89.3 cm³/mol. The van der Waals surface area contributed by atoms with Gasteiger partial charge in [-0.2, -0.15) is 5.26 Å². The van der Waals surface area contributed by atoms with Gasteiger partial charge < -0.3 is 25.1 Å². The highest BCUT2D eigenvalue weighted by molar-refractivity contribution is 5.92. The number of benzene rings is 1. The number of carbonyl (C=O) groups is 1. The summed E-state index contributed by atoms with van der Waals surface area (Å²) in [7, 11) is 1.41. The average molecular weight is 344 g/mol. The van der Waals surface area contributed by atoms with Crippen LogP contribution in [0.25, 0.3) is 0 Å². The minimum atomic E-state index is -0.762. The van der Waals surface area contributed by atoms with Crippen LogP contribution in [-0.2, 0) is 14.3 Å². The average Bonchev–Trinajstić information content (AvgIpc) is 2.61. The van der Waals surface area contributed by atoms with E-state index in [0.29, 0.717) is 17.7 Å². The molecule has 0 bridgehead atoms. The van der Waals surface area contributed by atoms with Gasteiger partial charge in [-0.25, -0.2) is 4.79 Å². The van der Waals surface area contributed by atoms with E-state index in [9.17, 15) is 15.2 Å². The minimum absolute atomic E-state index is 0.0499. The van der Waals surface area contributed by atoms with Crippen LogP contribution in [0.15, 0.2) is 41.0 Å². The lowest BCUT2D eigenvalue weighted by Crippen LogP contribution is -2.26. The molecule has 1 heterocycles. The van der Waals surface area contributed by atoms with Gasteiger partial charge in [-0.3, -0.25) is 0 Å². The van der Waals surface area contributed by atoms with Crippen LogP contribution in [0.5, 0.6) is 11.5 Å². The number of rotatable bonds is 5. The summed E-state index contributed by atoms with van der Waals surface area (Å²) in [6.45, 7) is 3.70. The topological polar surface area (TPSA) is 115 Å². The van der Waals surface area contributed by atoms with Gasteiger partial charge >= 0.3 is 5.97 Å². The number of methoxy groups -OCH3 is 1. The summed E-state index contributed by atoms with van der Waals surface area (Å²) in [6.07, 6.45) is 0.402. The van der Waals surface area contributed by atoms with Crippen molar-refractivity contribution in [2.45, 2.75) is 26.2 Å². The molecule has 1 aromatic carbocycles. The number of nitrogens with zero attached hydrogens (tertiary/aromatic N) is 1. The van der Waals surface area contributed by atoms with Crippen molar-refractivity contribution in [3.8, 4) is 17.6 Å². The van der Waals surface area contributed by atoms with Crippen molar-refractivity contribution < 1.29 is 24.1 Å². The van der Waals surface area contributed by atoms with Crippen LogP contribution in [0, 0.1) is 11.3 Å². The van der Waals surface area contributed by atoms with E-state index in [0.717, 1.165) is 0 Å². The van der Waals surface area contributed by atoms with E-state index in [4.69, 9.17) is 19.9 Å². The molecule has 0 spiro atoms. The number of hydrogen-bond acceptors (Lipinski definition) is 7. The Morgan fingerprint density at radius 2 is 2.16 bits per heavy atom. The van der Waals surface area contributed by atoms with Crippen LogP contribution >= 0.6 is 0 Å². The van der Waals surface area contributed by atoms with Crippen LogP contribution in [0.2, 0.25) is 0 Å². The lowest BCUT2D eigenvalue weighted by Gasteiger charge is -2.28. The second-order valence-electron chi connectivity index (χ2n) is 5.27. The molecule has 1 aromatic rings. The van der Waals surface area contributed by atoms with E-state index in [1.165, 1.54) is 13.2 Å². The predicted octanol–water partition coefficient (Wildman–Crippen LogP) is 2.44. The number of hydrogen-bond donors (Lipinski definition) is 2. The SMILES string of the molecule is CCOC(=O)C1=C(CC)OC(N)=C(C#N)[C@@H]1c1ccc(O)c(OC)c1. The number of phenols is 1. The molecule has 1 atom stereocenters. The number of ether oxygens (including phenoxy) is 3. The Morgan fingerprint density at radius 1 is 1.44 bits per heavy atom. The van der Waals surface area contributed by atoms with E-state index in [-0.39, 0.29) is 35.1 Å². The lowest BCUT2D eigenvalue weighted by molar-refractivity contribution is -0.139. The van der Waals surface area contributed by atoms with Crippen LogP contribution in [0.4, 0.5) is 0 Å². The molecule has 7 heteroatoms. The van der Waals surface area contributed by atoms with Crippen LogP contribution in [-0.4, -0.2) is 24.8 Å². The van der Waals surface area contributed by atoms with Crippen molar-refractivity contribution in [3.63, 3.8) is 0 Å². The Hall–Kier alpha value is -3.14. The maximum absolute atomic E-state index is 12.5. The smallest absolute Gasteiger partial charge is 0.338 e. The van der Waals surface area contributed by atoms with Crippen molar-refractivity contribution in [2.75, 3.05) is 13.7 Å². The largest absolute Gasteiger partial charge is 0.504 e. The minimum Gasteiger partial charge on any atom is -0.504 e. The Labute approximate surface area is 145 Å². The Bertz CT molecular complexity index is 789. The summed E-state index contributed by atoms with van der Waals surface area (Å²) in [6, 6.07) is 6.60. The van der Waals surface area contributed by atoms with Gasteiger partial charge in [-0.05, 0) is 24.6 Å². The highest BCUT2D eigenvalue weighted by Crippen LogP contribution is 2.42. The fourth-order valence-electron chi connectivity index (χ4n) is 2.72. The zero-order valence-corrected chi connectivity index (χ0v) is 14.3. The van der Waals surface area contributed by atoms with Gasteiger partial charge in [-0.1, -0.05) is 13.0 Å². The first-order valence-corrected chi connectivity index (χ1v) is 7.83. The number of esters is 1. The third kappa shape index (κ3) is 3.38. The fourth-order valence-corrected chi connectivity index (χ4v) is 2.72. The van der Waals surface area contributed by atoms with Gasteiger partial charge in [-0.15, -0.1) is 0 Å². The highest BCUT2D eigenvalue weighted by Gasteiger charge is 2.37. The molecule has 2 rings (SSSR count). The third-order valence-corrected chi connectivity index (χ3v) is 3.85. The van der Waals surface area contributed by atoms with E-state index in [1.54, 1.807) is 19.1 Å². The number of phenolic OH excluding ortho intramolecular Hbond substituents is 1. The van der Waals surface area contributed by atoms with E-state index >= 15 is 0 Å². The molecule has 0 saturated carbocycles. The molecule has 1 aliphatic heterocycles. The maximum atomic E-state index is 12.5. The quantitative estimate of drug-likeness (QED) is 0.788. The van der Waals surface area contributed by atoms with E-state index in [1.807, 2.05) is 13.0 Å². The second kappa shape index (κ2) is 7.62. The van der Waals surface area contributed by atoms with Gasteiger partial charge in [0.15, 0.2) is 11.5 Å². The zero-order valence-electron chi connectivity index (χ0n) is 14.3. The van der Waals surface area contributed by atoms with Crippen molar-refractivity contribution in [2.24, 2.45) is 5.73 Å². The highest BCUT2D eigenvalue weighted by atomic mass is 16.5. The molecular formula is C18H20N2O5. The van der Waals surface area contributed by atoms with Gasteiger partial charge in [0.25, 0.3) is 0 Å². The standard InChI is InChI=1S/C18H20N2O5/c1-4-13-16(18(22)24-5-2)15(11(9-19)17(20)25-13)10-6-7-12(21)14(8-10)23-3/h6-8,15,21H,4-5,20H2,1-3H3/t15-/m0/s1. The van der Waals surface area contributed by atoms with Crippen LogP contribution in [0.1, 0.15) is 31.7 Å². The fraction of sp³-hybridized carbons (Fsp3) is 0.333. The maximum Gasteiger partial charge on any atom is 0.338 e. The molecule has 132 valence electrons. The zero-order chi connectivity index (χ0) is 18.6. The Kier molecular flexibility index (Phi) is 5.55. The molecule has 0 fully saturated rings. The first-order chi connectivity index (χ1) is 12.0. The molecule has 0 aromatic heterocycles. The molecule has 0 unspecified atom stereocenters. The van der Waals surface area contributed by atoms with Gasteiger partial charge in [0, 0.05) is 6.42 Å². The first-order valence-electron chi connectivity index (χ1n) is 7.83. The first kappa shape index (κ1) is 18.2. The molecule has 0 amide bonds. The summed E-state index contributed by atoms with van der Waals surface area (Å²) < 4.78 is 15.8. The van der Waals surface area contributed by atoms with Crippen LogP contribution in [0.3, 0.4) is 0 Å². The van der Waals surface area contributed by atoms with E-state index in [2.05, 4.69) is 0 Å². The molecule has 7 nitrogen and oxygen atoms in total. The second-order valence-corrected chi connectivity index (χ2v) is 5.27. The third-order valence-electron chi connectivity index (χ3n) is 3.85. The van der Waals surface area contributed by atoms with Crippen molar-refractivity contribution >= 4 is 5.97 Å². The van der Waals surface area contributed by atoms with Crippen molar-refractivity contribution in [1.82, 2.24) is 0 Å². The Morgan fingerprint density at radius 3 is 2.72 bits per heavy atom. The number of nitrogens with two attached hydrogens (primary N) is 1. The summed E-state index contributed by atoms with van der Waals surface area (Å²) in [5, 5.41) is 19.4. The molecule has 0 radical (unpaired) electrons. The lowest BCUT2D eigenvalue weighted by atomic mass is 9.82. The van der Waals surface area contributed by atoms with E-state index < -0.39 is 11.9 Å². The molecular weight excluding hydrogens is 324 g/mol. The summed E-state index contributed by atoms with van der Waals surface area (Å²) >= 11 is 0. The molecule has 1 aliphatic rings. The molecule has 25 heavy (non-hydrogen) atoms. The van der Waals surface area contributed by atoms with Gasteiger partial charge in [0.1, 0.15) is 17.4 Å². The van der Waals surface area contributed by atoms with Crippen LogP contribution < -0.4 is 10.5 Å². The number of carbonyl (C=O) groups excluding carboxylic acids is 1. The number of allylic oxidation sites excluding steroid dienone is 2. The van der Waals surface area contributed by atoms with Crippen molar-refractivity contribution in [1.29, 1.82) is 5.26 Å². The Balaban J connectivity index is 2.69. The molecule has 3 N–H and O–H groups in total. The monoisotopic (exact) mass is 344 g/mol. The van der Waals surface area contributed by atoms with Gasteiger partial charge in [0.2, 0.25) is 5.88 Å². The summed E-state index contributed by atoms with van der Waals surface area (Å²) in [5.74, 6) is -0.859. The van der Waals surface area contributed by atoms with Crippen molar-refractivity contribution in [3.05, 3.63) is 46.6 Å². The summed E-state index contributed by atoms with van der Waals surface area (Å²) in [5.41, 5.74) is 6.78. The molecule has 0 aliphatic carbocycles.